The van der Waals surface area contributed by atoms with E-state index >= 15 is 0 Å². The monoisotopic (exact) mass is 421 g/mol. The van der Waals surface area contributed by atoms with Crippen LogP contribution in [0.1, 0.15) is 32.8 Å². The lowest BCUT2D eigenvalue weighted by Gasteiger charge is -2.20. The Balaban J connectivity index is 0.00000441. The fraction of sp³-hybridized carbons (Fsp3) is 0.562. The van der Waals surface area contributed by atoms with Gasteiger partial charge in [0.25, 0.3) is 0 Å². The maximum absolute atomic E-state index is 5.78. The molecule has 1 aromatic rings. The van der Waals surface area contributed by atoms with Gasteiger partial charge in [0.15, 0.2) is 5.96 Å². The van der Waals surface area contributed by atoms with Crippen LogP contribution in [0.5, 0.6) is 5.75 Å². The zero-order valence-electron chi connectivity index (χ0n) is 13.9. The summed E-state index contributed by atoms with van der Waals surface area (Å²) >= 11 is 0. The highest BCUT2D eigenvalue weighted by atomic mass is 127. The van der Waals surface area contributed by atoms with Gasteiger partial charge in [-0.15, -0.1) is 24.0 Å². The standard InChI is InChI=1S/C16H27N3O2.HI/c1-16(2,3)19-15(17)18-10-5-11-21-12-13-6-8-14(20-4)9-7-13;/h6-9H,5,10-12H2,1-4H3,(H3,17,18,19);1H. The van der Waals surface area contributed by atoms with Gasteiger partial charge in [0.2, 0.25) is 0 Å². The van der Waals surface area contributed by atoms with E-state index in [4.69, 9.17) is 15.2 Å². The van der Waals surface area contributed by atoms with Gasteiger partial charge in [0.1, 0.15) is 5.75 Å². The number of nitrogens with one attached hydrogen (secondary N) is 1. The predicted molar refractivity (Wildman–Crippen MR) is 102 cm³/mol. The van der Waals surface area contributed by atoms with Crippen LogP contribution >= 0.6 is 24.0 Å². The number of methoxy groups -OCH3 is 1. The van der Waals surface area contributed by atoms with Gasteiger partial charge in [-0.3, -0.25) is 4.99 Å². The topological polar surface area (TPSA) is 68.9 Å². The average Bonchev–Trinajstić information content (AvgIpc) is 2.41. The first-order valence-corrected chi connectivity index (χ1v) is 7.19. The predicted octanol–water partition coefficient (Wildman–Crippen LogP) is 2.92. The van der Waals surface area contributed by atoms with Crippen molar-refractivity contribution in [1.29, 1.82) is 0 Å². The van der Waals surface area contributed by atoms with Gasteiger partial charge in [0.05, 0.1) is 13.7 Å². The number of halogens is 1. The molecular weight excluding hydrogens is 393 g/mol. The van der Waals surface area contributed by atoms with Crippen LogP contribution < -0.4 is 15.8 Å². The van der Waals surface area contributed by atoms with E-state index in [2.05, 4.69) is 10.3 Å². The summed E-state index contributed by atoms with van der Waals surface area (Å²) in [7, 11) is 1.66. The third-order valence-corrected chi connectivity index (χ3v) is 2.66. The van der Waals surface area contributed by atoms with Crippen molar-refractivity contribution in [2.45, 2.75) is 39.3 Å². The number of hydrogen-bond donors (Lipinski definition) is 2. The molecule has 0 unspecified atom stereocenters. The van der Waals surface area contributed by atoms with Gasteiger partial charge < -0.3 is 20.5 Å². The highest BCUT2D eigenvalue weighted by Crippen LogP contribution is 2.11. The molecule has 3 N–H and O–H groups in total. The zero-order valence-corrected chi connectivity index (χ0v) is 16.2. The largest absolute Gasteiger partial charge is 0.497 e. The second-order valence-electron chi connectivity index (χ2n) is 5.90. The minimum absolute atomic E-state index is 0. The zero-order chi connectivity index (χ0) is 15.7. The maximum atomic E-state index is 5.78. The molecule has 1 rings (SSSR count). The summed E-state index contributed by atoms with van der Waals surface area (Å²) in [6.45, 7) is 8.08. The van der Waals surface area contributed by atoms with E-state index in [0.29, 0.717) is 25.7 Å². The summed E-state index contributed by atoms with van der Waals surface area (Å²) in [5.74, 6) is 1.34. The van der Waals surface area contributed by atoms with Crippen molar-refractivity contribution in [3.8, 4) is 5.75 Å². The lowest BCUT2D eigenvalue weighted by Crippen LogP contribution is -2.45. The van der Waals surface area contributed by atoms with E-state index in [1.165, 1.54) is 0 Å². The van der Waals surface area contributed by atoms with Crippen molar-refractivity contribution >= 4 is 29.9 Å². The molecule has 0 aliphatic rings. The third-order valence-electron chi connectivity index (χ3n) is 2.66. The first-order chi connectivity index (χ1) is 9.90. The molecule has 0 atom stereocenters. The van der Waals surface area contributed by atoms with Gasteiger partial charge in [-0.1, -0.05) is 12.1 Å². The third kappa shape index (κ3) is 9.83. The highest BCUT2D eigenvalue weighted by molar-refractivity contribution is 14.0. The van der Waals surface area contributed by atoms with Gasteiger partial charge in [-0.2, -0.15) is 0 Å². The minimum Gasteiger partial charge on any atom is -0.497 e. The number of nitrogens with zero attached hydrogens (tertiary/aromatic N) is 1. The summed E-state index contributed by atoms with van der Waals surface area (Å²) in [4.78, 5) is 4.26. The number of aliphatic imine (C=N–C) groups is 1. The summed E-state index contributed by atoms with van der Waals surface area (Å²) in [5, 5.41) is 3.12. The van der Waals surface area contributed by atoms with Crippen molar-refractivity contribution in [3.63, 3.8) is 0 Å². The number of guanidine groups is 1. The number of hydrogen-bond acceptors (Lipinski definition) is 3. The molecule has 0 saturated carbocycles. The van der Waals surface area contributed by atoms with Crippen LogP contribution in [-0.4, -0.2) is 31.8 Å². The summed E-state index contributed by atoms with van der Waals surface area (Å²) in [5.41, 5.74) is 6.85. The van der Waals surface area contributed by atoms with E-state index in [1.807, 2.05) is 45.0 Å². The van der Waals surface area contributed by atoms with Crippen molar-refractivity contribution in [2.75, 3.05) is 20.3 Å². The molecule has 0 aromatic heterocycles. The molecule has 0 spiro atoms. The molecule has 0 fully saturated rings. The Morgan fingerprint density at radius 1 is 1.23 bits per heavy atom. The molecular formula is C16H28IN3O2. The fourth-order valence-corrected chi connectivity index (χ4v) is 1.70. The Hall–Kier alpha value is -1.02. The normalized spacial score (nSPS) is 11.7. The van der Waals surface area contributed by atoms with Crippen LogP contribution in [0.3, 0.4) is 0 Å². The van der Waals surface area contributed by atoms with Crippen molar-refractivity contribution in [1.82, 2.24) is 5.32 Å². The Kier molecular flexibility index (Phi) is 10.2. The Morgan fingerprint density at radius 3 is 2.41 bits per heavy atom. The maximum Gasteiger partial charge on any atom is 0.188 e. The molecule has 0 bridgehead atoms. The first kappa shape index (κ1) is 21.0. The minimum atomic E-state index is -0.0571. The Labute approximate surface area is 150 Å². The lowest BCUT2D eigenvalue weighted by atomic mass is 10.1. The number of rotatable bonds is 7. The molecule has 0 aliphatic carbocycles. The number of ether oxygens (including phenoxy) is 2. The summed E-state index contributed by atoms with van der Waals surface area (Å²) in [6, 6.07) is 7.87. The molecule has 1 aromatic carbocycles. The smallest absolute Gasteiger partial charge is 0.188 e. The number of nitrogens with two attached hydrogens (primary N) is 1. The SMILES string of the molecule is COc1ccc(COCCCN=C(N)NC(C)(C)C)cc1.I. The highest BCUT2D eigenvalue weighted by Gasteiger charge is 2.09. The lowest BCUT2D eigenvalue weighted by molar-refractivity contribution is 0.120. The second kappa shape index (κ2) is 10.7. The number of benzene rings is 1. The van der Waals surface area contributed by atoms with Crippen LogP contribution in [0.25, 0.3) is 0 Å². The van der Waals surface area contributed by atoms with Crippen molar-refractivity contribution < 1.29 is 9.47 Å². The van der Waals surface area contributed by atoms with Crippen LogP contribution in [0.4, 0.5) is 0 Å². The van der Waals surface area contributed by atoms with Crippen LogP contribution in [-0.2, 0) is 11.3 Å². The van der Waals surface area contributed by atoms with Crippen LogP contribution in [0, 0.1) is 0 Å². The van der Waals surface area contributed by atoms with E-state index in [-0.39, 0.29) is 29.5 Å². The molecule has 0 radical (unpaired) electrons. The van der Waals surface area contributed by atoms with Crippen LogP contribution in [0.15, 0.2) is 29.3 Å². The molecule has 22 heavy (non-hydrogen) atoms. The average molecular weight is 421 g/mol. The van der Waals surface area contributed by atoms with Gasteiger partial charge in [-0.25, -0.2) is 0 Å². The molecule has 0 saturated heterocycles. The summed E-state index contributed by atoms with van der Waals surface area (Å²) in [6.07, 6.45) is 0.850. The van der Waals surface area contributed by atoms with Gasteiger partial charge in [-0.05, 0) is 44.9 Å². The molecule has 0 heterocycles. The molecule has 6 heteroatoms. The Morgan fingerprint density at radius 2 is 1.86 bits per heavy atom. The molecule has 5 nitrogen and oxygen atoms in total. The quantitative estimate of drug-likeness (QED) is 0.308. The first-order valence-electron chi connectivity index (χ1n) is 7.19. The second-order valence-corrected chi connectivity index (χ2v) is 5.90. The Bertz CT molecular complexity index is 442. The van der Waals surface area contributed by atoms with Crippen molar-refractivity contribution in [3.05, 3.63) is 29.8 Å². The van der Waals surface area contributed by atoms with Crippen LogP contribution in [0.2, 0.25) is 0 Å². The summed E-state index contributed by atoms with van der Waals surface area (Å²) < 4.78 is 10.7. The van der Waals surface area contributed by atoms with E-state index in [9.17, 15) is 0 Å². The van der Waals surface area contributed by atoms with E-state index in [1.54, 1.807) is 7.11 Å². The van der Waals surface area contributed by atoms with Crippen molar-refractivity contribution in [2.24, 2.45) is 10.7 Å². The fourth-order valence-electron chi connectivity index (χ4n) is 1.70. The molecule has 126 valence electrons. The van der Waals surface area contributed by atoms with Gasteiger partial charge in [0, 0.05) is 18.7 Å². The van der Waals surface area contributed by atoms with Gasteiger partial charge >= 0.3 is 0 Å². The van der Waals surface area contributed by atoms with E-state index < -0.39 is 0 Å². The van der Waals surface area contributed by atoms with E-state index in [0.717, 1.165) is 17.7 Å². The molecule has 0 amide bonds. The molecule has 0 aliphatic heterocycles.